The quantitative estimate of drug-likeness (QED) is 0.853. The largest absolute Gasteiger partial charge is 0.472 e. The number of hydrogen-bond donors (Lipinski definition) is 1. The summed E-state index contributed by atoms with van der Waals surface area (Å²) in [4.78, 5) is 0. The normalized spacial score (nSPS) is 12.7. The highest BCUT2D eigenvalue weighted by molar-refractivity contribution is 14.1. The van der Waals surface area contributed by atoms with Gasteiger partial charge in [-0.1, -0.05) is 11.6 Å². The molecule has 1 aromatic heterocycles. The van der Waals surface area contributed by atoms with Gasteiger partial charge in [-0.3, -0.25) is 0 Å². The maximum absolute atomic E-state index is 6.11. The first kappa shape index (κ1) is 11.0. The third kappa shape index (κ3) is 2.35. The lowest BCUT2D eigenvalue weighted by Gasteiger charge is -2.12. The molecule has 0 bridgehead atoms. The zero-order valence-corrected chi connectivity index (χ0v) is 10.7. The van der Waals surface area contributed by atoms with Crippen molar-refractivity contribution in [1.29, 1.82) is 0 Å². The Bertz CT molecular complexity index is 456. The van der Waals surface area contributed by atoms with Crippen LogP contribution in [0.3, 0.4) is 0 Å². The summed E-state index contributed by atoms with van der Waals surface area (Å²) >= 11 is 8.19. The topological polar surface area (TPSA) is 39.2 Å². The zero-order valence-electron chi connectivity index (χ0n) is 7.78. The Labute approximate surface area is 107 Å². The van der Waals surface area contributed by atoms with Gasteiger partial charge in [0.15, 0.2) is 0 Å². The molecule has 1 heterocycles. The van der Waals surface area contributed by atoms with E-state index in [4.69, 9.17) is 21.8 Å². The lowest BCUT2D eigenvalue weighted by Crippen LogP contribution is -2.12. The number of benzene rings is 1. The molecule has 2 N–H and O–H groups in total. The smallest absolute Gasteiger partial charge is 0.0953 e. The molecule has 15 heavy (non-hydrogen) atoms. The second-order valence-corrected chi connectivity index (χ2v) is 4.80. The van der Waals surface area contributed by atoms with Gasteiger partial charge in [0.1, 0.15) is 0 Å². The van der Waals surface area contributed by atoms with E-state index in [9.17, 15) is 0 Å². The molecule has 1 aromatic carbocycles. The monoisotopic (exact) mass is 333 g/mol. The van der Waals surface area contributed by atoms with Crippen LogP contribution >= 0.6 is 34.2 Å². The van der Waals surface area contributed by atoms with Crippen molar-refractivity contribution in [3.63, 3.8) is 0 Å². The lowest BCUT2D eigenvalue weighted by atomic mass is 10.0. The summed E-state index contributed by atoms with van der Waals surface area (Å²) in [6, 6.07) is 7.38. The molecule has 0 fully saturated rings. The fourth-order valence-corrected chi connectivity index (χ4v) is 2.24. The third-order valence-corrected chi connectivity index (χ3v) is 3.41. The van der Waals surface area contributed by atoms with E-state index in [1.165, 1.54) is 0 Å². The molecule has 0 saturated heterocycles. The minimum Gasteiger partial charge on any atom is -0.472 e. The molecule has 1 unspecified atom stereocenters. The van der Waals surface area contributed by atoms with Crippen LogP contribution in [-0.4, -0.2) is 0 Å². The van der Waals surface area contributed by atoms with Crippen molar-refractivity contribution in [2.75, 3.05) is 0 Å². The van der Waals surface area contributed by atoms with Crippen molar-refractivity contribution in [3.05, 3.63) is 56.5 Å². The Balaban J connectivity index is 2.41. The highest BCUT2D eigenvalue weighted by Crippen LogP contribution is 2.27. The lowest BCUT2D eigenvalue weighted by molar-refractivity contribution is 0.562. The van der Waals surface area contributed by atoms with Gasteiger partial charge in [0, 0.05) is 14.2 Å². The summed E-state index contributed by atoms with van der Waals surface area (Å²) in [5.74, 6) is 0. The number of nitrogens with two attached hydrogens (primary N) is 1. The highest BCUT2D eigenvalue weighted by Gasteiger charge is 2.13. The van der Waals surface area contributed by atoms with Crippen LogP contribution in [0.1, 0.15) is 17.2 Å². The van der Waals surface area contributed by atoms with Gasteiger partial charge in [-0.2, -0.15) is 0 Å². The van der Waals surface area contributed by atoms with Crippen molar-refractivity contribution in [2.45, 2.75) is 6.04 Å². The van der Waals surface area contributed by atoms with Gasteiger partial charge in [0.25, 0.3) is 0 Å². The van der Waals surface area contributed by atoms with Crippen molar-refractivity contribution < 1.29 is 4.42 Å². The summed E-state index contributed by atoms with van der Waals surface area (Å²) in [5, 5.41) is 0.698. The molecule has 0 aliphatic carbocycles. The van der Waals surface area contributed by atoms with E-state index in [1.807, 2.05) is 24.3 Å². The molecule has 2 rings (SSSR count). The van der Waals surface area contributed by atoms with E-state index in [0.717, 1.165) is 14.7 Å². The Kier molecular flexibility index (Phi) is 3.33. The highest BCUT2D eigenvalue weighted by atomic mass is 127. The maximum atomic E-state index is 6.11. The molecule has 0 radical (unpaired) electrons. The zero-order chi connectivity index (χ0) is 10.8. The van der Waals surface area contributed by atoms with Gasteiger partial charge in [-0.05, 0) is 52.4 Å². The van der Waals surface area contributed by atoms with Crippen molar-refractivity contribution in [3.8, 4) is 0 Å². The van der Waals surface area contributed by atoms with Crippen LogP contribution in [0.4, 0.5) is 0 Å². The fourth-order valence-electron chi connectivity index (χ4n) is 1.38. The standard InChI is InChI=1S/C11H9ClINO/c12-8-1-2-10(13)9(5-8)11(14)7-3-4-15-6-7/h1-6,11H,14H2. The number of halogens is 2. The summed E-state index contributed by atoms with van der Waals surface area (Å²) in [7, 11) is 0. The molecule has 1 atom stereocenters. The summed E-state index contributed by atoms with van der Waals surface area (Å²) < 4.78 is 6.11. The van der Waals surface area contributed by atoms with Crippen LogP contribution in [0.2, 0.25) is 5.02 Å². The fraction of sp³-hybridized carbons (Fsp3) is 0.0909. The molecular formula is C11H9ClINO. The first-order valence-electron chi connectivity index (χ1n) is 4.41. The van der Waals surface area contributed by atoms with Crippen LogP contribution < -0.4 is 5.73 Å². The Morgan fingerprint density at radius 2 is 2.13 bits per heavy atom. The van der Waals surface area contributed by atoms with Gasteiger partial charge >= 0.3 is 0 Å². The molecule has 0 aliphatic rings. The minimum absolute atomic E-state index is 0.186. The van der Waals surface area contributed by atoms with E-state index in [0.29, 0.717) is 5.02 Å². The summed E-state index contributed by atoms with van der Waals surface area (Å²) in [6.45, 7) is 0. The number of rotatable bonds is 2. The summed E-state index contributed by atoms with van der Waals surface area (Å²) in [6.07, 6.45) is 3.27. The molecule has 0 spiro atoms. The Hall–Kier alpha value is -0.520. The number of furan rings is 1. The van der Waals surface area contributed by atoms with E-state index in [1.54, 1.807) is 12.5 Å². The van der Waals surface area contributed by atoms with Gasteiger partial charge in [-0.25, -0.2) is 0 Å². The number of hydrogen-bond acceptors (Lipinski definition) is 2. The van der Waals surface area contributed by atoms with Crippen molar-refractivity contribution in [2.24, 2.45) is 5.73 Å². The van der Waals surface area contributed by atoms with Crippen LogP contribution in [0.15, 0.2) is 41.2 Å². The molecular weight excluding hydrogens is 324 g/mol. The van der Waals surface area contributed by atoms with Crippen LogP contribution in [0.25, 0.3) is 0 Å². The van der Waals surface area contributed by atoms with Gasteiger partial charge in [0.05, 0.1) is 18.6 Å². The van der Waals surface area contributed by atoms with Crippen molar-refractivity contribution >= 4 is 34.2 Å². The molecule has 0 amide bonds. The maximum Gasteiger partial charge on any atom is 0.0953 e. The van der Waals surface area contributed by atoms with E-state index in [-0.39, 0.29) is 6.04 Å². The average Bonchev–Trinajstić information content (AvgIpc) is 2.74. The van der Waals surface area contributed by atoms with E-state index in [2.05, 4.69) is 22.6 Å². The van der Waals surface area contributed by atoms with Crippen LogP contribution in [0.5, 0.6) is 0 Å². The van der Waals surface area contributed by atoms with Gasteiger partial charge in [0.2, 0.25) is 0 Å². The molecule has 2 aromatic rings. The molecule has 78 valence electrons. The minimum atomic E-state index is -0.186. The second kappa shape index (κ2) is 4.55. The SMILES string of the molecule is NC(c1ccoc1)c1cc(Cl)ccc1I. The second-order valence-electron chi connectivity index (χ2n) is 3.20. The first-order chi connectivity index (χ1) is 7.18. The first-order valence-corrected chi connectivity index (χ1v) is 5.87. The molecule has 2 nitrogen and oxygen atoms in total. The van der Waals surface area contributed by atoms with Crippen LogP contribution in [-0.2, 0) is 0 Å². The van der Waals surface area contributed by atoms with E-state index >= 15 is 0 Å². The van der Waals surface area contributed by atoms with Gasteiger partial charge in [-0.15, -0.1) is 0 Å². The summed E-state index contributed by atoms with van der Waals surface area (Å²) in [5.41, 5.74) is 8.08. The third-order valence-electron chi connectivity index (χ3n) is 2.20. The molecule has 0 saturated carbocycles. The molecule has 0 aliphatic heterocycles. The van der Waals surface area contributed by atoms with Gasteiger partial charge < -0.3 is 10.2 Å². The Morgan fingerprint density at radius 3 is 2.80 bits per heavy atom. The molecule has 4 heteroatoms. The average molecular weight is 334 g/mol. The predicted molar refractivity (Wildman–Crippen MR) is 68.9 cm³/mol. The Morgan fingerprint density at radius 1 is 1.33 bits per heavy atom. The predicted octanol–water partition coefficient (Wildman–Crippen LogP) is 3.59. The van der Waals surface area contributed by atoms with Crippen LogP contribution in [0, 0.1) is 3.57 Å². The van der Waals surface area contributed by atoms with Crippen molar-refractivity contribution in [1.82, 2.24) is 0 Å². The van der Waals surface area contributed by atoms with E-state index < -0.39 is 0 Å².